The summed E-state index contributed by atoms with van der Waals surface area (Å²) < 4.78 is 4.45. The van der Waals surface area contributed by atoms with Gasteiger partial charge in [0.25, 0.3) is 5.91 Å². The van der Waals surface area contributed by atoms with Crippen LogP contribution >= 0.6 is 0 Å². The van der Waals surface area contributed by atoms with Crippen LogP contribution in [0.25, 0.3) is 0 Å². The molecule has 1 N–H and O–H groups in total. The van der Waals surface area contributed by atoms with E-state index in [2.05, 4.69) is 20.3 Å². The molecule has 0 aliphatic heterocycles. The molecular weight excluding hydrogens is 234 g/mol. The SMILES string of the molecule is CC(=O)c1cccc(NC(=O)c2nonc2C)c1. The Kier molecular flexibility index (Phi) is 3.18. The van der Waals surface area contributed by atoms with Gasteiger partial charge in [0.15, 0.2) is 11.5 Å². The van der Waals surface area contributed by atoms with E-state index < -0.39 is 5.91 Å². The third-order valence-electron chi connectivity index (χ3n) is 2.39. The van der Waals surface area contributed by atoms with E-state index >= 15 is 0 Å². The molecule has 0 aliphatic rings. The fourth-order valence-corrected chi connectivity index (χ4v) is 1.44. The number of aryl methyl sites for hydroxylation is 1. The summed E-state index contributed by atoms with van der Waals surface area (Å²) >= 11 is 0. The quantitative estimate of drug-likeness (QED) is 0.834. The number of aromatic nitrogens is 2. The molecule has 0 atom stereocenters. The van der Waals surface area contributed by atoms with Gasteiger partial charge in [0.05, 0.1) is 0 Å². The third-order valence-corrected chi connectivity index (χ3v) is 2.39. The molecule has 0 radical (unpaired) electrons. The standard InChI is InChI=1S/C12H11N3O3/c1-7-11(15-18-14-7)12(17)13-10-5-3-4-9(6-10)8(2)16/h3-6H,1-2H3,(H,13,17). The Morgan fingerprint density at radius 3 is 2.67 bits per heavy atom. The van der Waals surface area contributed by atoms with Gasteiger partial charge >= 0.3 is 0 Å². The van der Waals surface area contributed by atoms with Crippen molar-refractivity contribution >= 4 is 17.4 Å². The van der Waals surface area contributed by atoms with Gasteiger partial charge in [0, 0.05) is 11.3 Å². The summed E-state index contributed by atoms with van der Waals surface area (Å²) in [7, 11) is 0. The van der Waals surface area contributed by atoms with E-state index in [0.717, 1.165) is 0 Å². The second-order valence-electron chi connectivity index (χ2n) is 3.79. The summed E-state index contributed by atoms with van der Waals surface area (Å²) in [6.07, 6.45) is 0. The van der Waals surface area contributed by atoms with Crippen molar-refractivity contribution in [3.63, 3.8) is 0 Å². The molecule has 0 saturated carbocycles. The third kappa shape index (κ3) is 2.42. The number of nitrogens with zero attached hydrogens (tertiary/aromatic N) is 2. The Labute approximate surface area is 103 Å². The lowest BCUT2D eigenvalue weighted by Crippen LogP contribution is -2.13. The predicted octanol–water partition coefficient (Wildman–Crippen LogP) is 1.83. The number of hydrogen-bond acceptors (Lipinski definition) is 5. The molecule has 2 rings (SSSR count). The first kappa shape index (κ1) is 12.0. The molecule has 92 valence electrons. The molecule has 1 amide bonds. The minimum Gasteiger partial charge on any atom is -0.320 e. The number of carbonyl (C=O) groups is 2. The van der Waals surface area contributed by atoms with Gasteiger partial charge in [-0.25, -0.2) is 4.63 Å². The monoisotopic (exact) mass is 245 g/mol. The maximum atomic E-state index is 11.8. The second-order valence-corrected chi connectivity index (χ2v) is 3.79. The molecule has 0 aliphatic carbocycles. The van der Waals surface area contributed by atoms with Crippen molar-refractivity contribution in [1.29, 1.82) is 0 Å². The van der Waals surface area contributed by atoms with Gasteiger partial charge < -0.3 is 5.32 Å². The maximum absolute atomic E-state index is 11.8. The highest BCUT2D eigenvalue weighted by molar-refractivity contribution is 6.04. The molecule has 18 heavy (non-hydrogen) atoms. The minimum atomic E-state index is -0.422. The molecule has 2 aromatic rings. The summed E-state index contributed by atoms with van der Waals surface area (Å²) in [5.41, 5.74) is 1.59. The van der Waals surface area contributed by atoms with Crippen LogP contribution in [0.4, 0.5) is 5.69 Å². The Morgan fingerprint density at radius 2 is 2.06 bits per heavy atom. The second kappa shape index (κ2) is 4.79. The van der Waals surface area contributed by atoms with Crippen molar-refractivity contribution in [3.8, 4) is 0 Å². The van der Waals surface area contributed by atoms with E-state index in [1.54, 1.807) is 31.2 Å². The lowest BCUT2D eigenvalue weighted by atomic mass is 10.1. The van der Waals surface area contributed by atoms with Gasteiger partial charge in [-0.3, -0.25) is 9.59 Å². The van der Waals surface area contributed by atoms with Gasteiger partial charge in [-0.1, -0.05) is 17.3 Å². The zero-order valence-electron chi connectivity index (χ0n) is 9.93. The van der Waals surface area contributed by atoms with Crippen LogP contribution in [0.2, 0.25) is 0 Å². The largest absolute Gasteiger partial charge is 0.320 e. The van der Waals surface area contributed by atoms with Crippen LogP contribution < -0.4 is 5.32 Å². The van der Waals surface area contributed by atoms with Crippen LogP contribution in [0.3, 0.4) is 0 Å². The molecule has 0 spiro atoms. The number of amides is 1. The number of hydrogen-bond donors (Lipinski definition) is 1. The van der Waals surface area contributed by atoms with Crippen molar-refractivity contribution in [1.82, 2.24) is 10.3 Å². The average Bonchev–Trinajstić information content (AvgIpc) is 2.76. The number of benzene rings is 1. The summed E-state index contributed by atoms with van der Waals surface area (Å²) in [6.45, 7) is 3.09. The Hall–Kier alpha value is -2.50. The molecule has 0 unspecified atom stereocenters. The van der Waals surface area contributed by atoms with Crippen LogP contribution in [0.5, 0.6) is 0 Å². The number of ketones is 1. The van der Waals surface area contributed by atoms with Crippen LogP contribution in [0.15, 0.2) is 28.9 Å². The zero-order chi connectivity index (χ0) is 13.1. The first-order valence-electron chi connectivity index (χ1n) is 5.29. The molecule has 0 saturated heterocycles. The molecule has 1 heterocycles. The van der Waals surface area contributed by atoms with Crippen LogP contribution in [-0.2, 0) is 0 Å². The first-order valence-corrected chi connectivity index (χ1v) is 5.29. The van der Waals surface area contributed by atoms with E-state index in [0.29, 0.717) is 16.9 Å². The van der Waals surface area contributed by atoms with Crippen molar-refractivity contribution < 1.29 is 14.2 Å². The smallest absolute Gasteiger partial charge is 0.279 e. The van der Waals surface area contributed by atoms with Crippen LogP contribution in [0, 0.1) is 6.92 Å². The summed E-state index contributed by atoms with van der Waals surface area (Å²) in [4.78, 5) is 23.0. The Balaban J connectivity index is 2.20. The highest BCUT2D eigenvalue weighted by Crippen LogP contribution is 2.13. The van der Waals surface area contributed by atoms with Crippen molar-refractivity contribution in [2.45, 2.75) is 13.8 Å². The molecule has 1 aromatic carbocycles. The van der Waals surface area contributed by atoms with Gasteiger partial charge in [-0.15, -0.1) is 0 Å². The lowest BCUT2D eigenvalue weighted by molar-refractivity contribution is 0.100. The number of Topliss-reactive ketones (excluding diaryl/α,β-unsaturated/α-hetero) is 1. The molecular formula is C12H11N3O3. The minimum absolute atomic E-state index is 0.0645. The van der Waals surface area contributed by atoms with E-state index in [-0.39, 0.29) is 11.5 Å². The van der Waals surface area contributed by atoms with Gasteiger partial charge in [0.2, 0.25) is 0 Å². The Bertz CT molecular complexity index is 604. The molecule has 6 heteroatoms. The molecule has 0 fully saturated rings. The average molecular weight is 245 g/mol. The van der Waals surface area contributed by atoms with Gasteiger partial charge in [0.1, 0.15) is 5.69 Å². The Morgan fingerprint density at radius 1 is 1.28 bits per heavy atom. The maximum Gasteiger partial charge on any atom is 0.279 e. The van der Waals surface area contributed by atoms with E-state index in [9.17, 15) is 9.59 Å². The number of anilines is 1. The van der Waals surface area contributed by atoms with E-state index in [4.69, 9.17) is 0 Å². The van der Waals surface area contributed by atoms with Crippen molar-refractivity contribution in [2.24, 2.45) is 0 Å². The van der Waals surface area contributed by atoms with E-state index in [1.807, 2.05) is 0 Å². The van der Waals surface area contributed by atoms with Gasteiger partial charge in [-0.2, -0.15) is 0 Å². The van der Waals surface area contributed by atoms with Crippen molar-refractivity contribution in [2.75, 3.05) is 5.32 Å². The van der Waals surface area contributed by atoms with Gasteiger partial charge in [-0.05, 0) is 31.1 Å². The highest BCUT2D eigenvalue weighted by atomic mass is 16.6. The van der Waals surface area contributed by atoms with Crippen LogP contribution in [-0.4, -0.2) is 22.0 Å². The highest BCUT2D eigenvalue weighted by Gasteiger charge is 2.15. The molecule has 6 nitrogen and oxygen atoms in total. The first-order chi connectivity index (χ1) is 8.58. The fourth-order valence-electron chi connectivity index (χ4n) is 1.44. The summed E-state index contributed by atoms with van der Waals surface area (Å²) in [5.74, 6) is -0.486. The summed E-state index contributed by atoms with van der Waals surface area (Å²) in [6, 6.07) is 6.66. The predicted molar refractivity (Wildman–Crippen MR) is 63.4 cm³/mol. The zero-order valence-corrected chi connectivity index (χ0v) is 9.93. The normalized spacial score (nSPS) is 10.1. The molecule has 1 aromatic heterocycles. The lowest BCUT2D eigenvalue weighted by Gasteiger charge is -2.04. The van der Waals surface area contributed by atoms with Crippen LogP contribution in [0.1, 0.15) is 33.5 Å². The topological polar surface area (TPSA) is 85.1 Å². The van der Waals surface area contributed by atoms with E-state index in [1.165, 1.54) is 6.92 Å². The number of rotatable bonds is 3. The van der Waals surface area contributed by atoms with Crippen molar-refractivity contribution in [3.05, 3.63) is 41.2 Å². The number of nitrogens with one attached hydrogen (secondary N) is 1. The molecule has 0 bridgehead atoms. The summed E-state index contributed by atoms with van der Waals surface area (Å²) in [5, 5.41) is 9.66. The fraction of sp³-hybridized carbons (Fsp3) is 0.167. The number of carbonyl (C=O) groups excluding carboxylic acids is 2.